The highest BCUT2D eigenvalue weighted by atomic mass is 16.3. The molecule has 1 fully saturated rings. The number of nitrogen functional groups attached to an aromatic ring is 1. The topological polar surface area (TPSA) is 71.2 Å². The van der Waals surface area contributed by atoms with Crippen LogP contribution in [0.5, 0.6) is 5.75 Å². The number of nitrogens with two attached hydrogens (primary N) is 1. The normalized spacial score (nSPS) is 17.4. The third-order valence-corrected chi connectivity index (χ3v) is 4.87. The molecule has 0 unspecified atom stereocenters. The van der Waals surface area contributed by atoms with Gasteiger partial charge in [0.25, 0.3) is 0 Å². The van der Waals surface area contributed by atoms with Gasteiger partial charge in [0.1, 0.15) is 5.75 Å². The Morgan fingerprint density at radius 3 is 2.65 bits per heavy atom. The van der Waals surface area contributed by atoms with Gasteiger partial charge in [0, 0.05) is 11.8 Å². The molecule has 0 spiro atoms. The van der Waals surface area contributed by atoms with E-state index in [2.05, 4.69) is 11.4 Å². The first-order valence-corrected chi connectivity index (χ1v) is 8.23. The van der Waals surface area contributed by atoms with Gasteiger partial charge in [-0.05, 0) is 73.7 Å². The van der Waals surface area contributed by atoms with Crippen molar-refractivity contribution in [2.24, 2.45) is 0 Å². The van der Waals surface area contributed by atoms with E-state index in [-0.39, 0.29) is 5.75 Å². The van der Waals surface area contributed by atoms with Gasteiger partial charge in [-0.2, -0.15) is 0 Å². The minimum Gasteiger partial charge on any atom is -0.506 e. The lowest BCUT2D eigenvalue weighted by molar-refractivity contribution is 0.477. The number of anilines is 1. The molecule has 4 rings (SSSR count). The molecule has 1 saturated heterocycles. The fraction of sp³-hybridized carbons (Fsp3) is 0.316. The molecule has 4 N–H and O–H groups in total. The molecule has 0 radical (unpaired) electrons. The molecule has 0 bridgehead atoms. The van der Waals surface area contributed by atoms with Crippen molar-refractivity contribution in [1.82, 2.24) is 10.3 Å². The highest BCUT2D eigenvalue weighted by Gasteiger charge is 2.24. The van der Waals surface area contributed by atoms with Crippen LogP contribution in [0.15, 0.2) is 36.0 Å². The molecule has 4 nitrogen and oxygen atoms in total. The van der Waals surface area contributed by atoms with Crippen LogP contribution < -0.4 is 11.1 Å². The second-order valence-electron chi connectivity index (χ2n) is 6.31. The first-order valence-electron chi connectivity index (χ1n) is 8.23. The van der Waals surface area contributed by atoms with Crippen LogP contribution in [0.25, 0.3) is 5.57 Å². The fourth-order valence-electron chi connectivity index (χ4n) is 3.69. The van der Waals surface area contributed by atoms with Gasteiger partial charge >= 0.3 is 0 Å². The second-order valence-corrected chi connectivity index (χ2v) is 6.31. The zero-order chi connectivity index (χ0) is 15.8. The largest absolute Gasteiger partial charge is 0.506 e. The number of hydrogen-bond acceptors (Lipinski definition) is 4. The summed E-state index contributed by atoms with van der Waals surface area (Å²) in [4.78, 5) is 4.71. The van der Waals surface area contributed by atoms with Crippen LogP contribution in [0.4, 0.5) is 5.69 Å². The Morgan fingerprint density at radius 2 is 1.83 bits per heavy atom. The third-order valence-electron chi connectivity index (χ3n) is 4.87. The number of rotatable bonds is 0. The Labute approximate surface area is 136 Å². The van der Waals surface area contributed by atoms with Crippen LogP contribution in [-0.2, 0) is 12.8 Å². The van der Waals surface area contributed by atoms with E-state index < -0.39 is 0 Å². The maximum atomic E-state index is 10.0. The van der Waals surface area contributed by atoms with E-state index in [9.17, 15) is 5.11 Å². The predicted molar refractivity (Wildman–Crippen MR) is 92.3 cm³/mol. The number of hydrogen-bond donors (Lipinski definition) is 3. The highest BCUT2D eigenvalue weighted by Crippen LogP contribution is 2.39. The first-order chi connectivity index (χ1) is 11.2. The number of phenols is 1. The van der Waals surface area contributed by atoms with Crippen molar-refractivity contribution in [3.05, 3.63) is 58.4 Å². The van der Waals surface area contributed by atoms with Gasteiger partial charge in [-0.15, -0.1) is 0 Å². The van der Waals surface area contributed by atoms with Crippen LogP contribution in [0.3, 0.4) is 0 Å². The van der Waals surface area contributed by atoms with Gasteiger partial charge in [-0.25, -0.2) is 0 Å². The van der Waals surface area contributed by atoms with Crippen molar-refractivity contribution in [2.75, 3.05) is 18.8 Å². The molecule has 118 valence electrons. The van der Waals surface area contributed by atoms with E-state index >= 15 is 0 Å². The van der Waals surface area contributed by atoms with Crippen molar-refractivity contribution in [2.45, 2.75) is 25.7 Å². The van der Waals surface area contributed by atoms with Crippen molar-refractivity contribution in [1.29, 1.82) is 0 Å². The number of benzene rings is 1. The van der Waals surface area contributed by atoms with Crippen molar-refractivity contribution >= 4 is 11.3 Å². The number of aryl methyl sites for hydroxylation is 2. The summed E-state index contributed by atoms with van der Waals surface area (Å²) in [5, 5.41) is 13.4. The van der Waals surface area contributed by atoms with E-state index in [0.29, 0.717) is 5.69 Å². The summed E-state index contributed by atoms with van der Waals surface area (Å²) in [6, 6.07) is 7.93. The molecule has 0 atom stereocenters. The minimum absolute atomic E-state index is 0.178. The Morgan fingerprint density at radius 1 is 1.04 bits per heavy atom. The van der Waals surface area contributed by atoms with E-state index in [4.69, 9.17) is 10.7 Å². The van der Waals surface area contributed by atoms with Gasteiger partial charge in [0.2, 0.25) is 0 Å². The number of pyridine rings is 1. The SMILES string of the molecule is Nc1cc2c(cc1O)CCc1cccnc1C2=C1CCNCC1. The molecule has 1 aromatic carbocycles. The van der Waals surface area contributed by atoms with E-state index in [0.717, 1.165) is 55.6 Å². The van der Waals surface area contributed by atoms with Crippen molar-refractivity contribution in [3.8, 4) is 5.75 Å². The first kappa shape index (κ1) is 14.3. The maximum Gasteiger partial charge on any atom is 0.138 e. The Kier molecular flexibility index (Phi) is 3.54. The van der Waals surface area contributed by atoms with Crippen LogP contribution in [0.1, 0.15) is 35.2 Å². The zero-order valence-electron chi connectivity index (χ0n) is 13.1. The molecule has 0 amide bonds. The molecule has 4 heteroatoms. The average Bonchev–Trinajstić information content (AvgIpc) is 2.73. The van der Waals surface area contributed by atoms with Crippen LogP contribution in [-0.4, -0.2) is 23.2 Å². The third kappa shape index (κ3) is 2.49. The maximum absolute atomic E-state index is 10.0. The predicted octanol–water partition coefficient (Wildman–Crippen LogP) is 2.65. The second kappa shape index (κ2) is 5.70. The number of nitrogens with zero attached hydrogens (tertiary/aromatic N) is 1. The molecule has 2 aromatic rings. The van der Waals surface area contributed by atoms with Crippen molar-refractivity contribution in [3.63, 3.8) is 0 Å². The molecule has 2 aliphatic rings. The standard InChI is InChI=1S/C19H21N3O/c20-16-11-15-14(10-17(16)23)4-3-13-2-1-7-22-19(13)18(15)12-5-8-21-9-6-12/h1-2,7,10-11,21,23H,3-6,8-9,20H2. The molecule has 1 aromatic heterocycles. The number of piperidine rings is 1. The van der Waals surface area contributed by atoms with Crippen molar-refractivity contribution < 1.29 is 5.11 Å². The van der Waals surface area contributed by atoms with Crippen LogP contribution >= 0.6 is 0 Å². The lowest BCUT2D eigenvalue weighted by atomic mass is 9.88. The van der Waals surface area contributed by atoms with E-state index in [1.54, 1.807) is 0 Å². The van der Waals surface area contributed by atoms with Crippen LogP contribution in [0, 0.1) is 0 Å². The smallest absolute Gasteiger partial charge is 0.138 e. The molecule has 1 aliphatic carbocycles. The summed E-state index contributed by atoms with van der Waals surface area (Å²) in [7, 11) is 0. The number of aromatic nitrogens is 1. The van der Waals surface area contributed by atoms with Gasteiger partial charge in [0.15, 0.2) is 0 Å². The van der Waals surface area contributed by atoms with Gasteiger partial charge in [0.05, 0.1) is 11.4 Å². The number of fused-ring (bicyclic) bond motifs is 2. The Bertz CT molecular complexity index is 787. The monoisotopic (exact) mass is 307 g/mol. The molecule has 0 saturated carbocycles. The average molecular weight is 307 g/mol. The Hall–Kier alpha value is -2.33. The molecular weight excluding hydrogens is 286 g/mol. The minimum atomic E-state index is 0.178. The van der Waals surface area contributed by atoms with E-state index in [1.165, 1.54) is 16.7 Å². The summed E-state index contributed by atoms with van der Waals surface area (Å²) >= 11 is 0. The van der Waals surface area contributed by atoms with Gasteiger partial charge in [-0.1, -0.05) is 11.6 Å². The zero-order valence-corrected chi connectivity index (χ0v) is 13.1. The Balaban J connectivity index is 2.00. The van der Waals surface area contributed by atoms with Gasteiger partial charge < -0.3 is 16.2 Å². The van der Waals surface area contributed by atoms with Crippen LogP contribution in [0.2, 0.25) is 0 Å². The number of aromatic hydroxyl groups is 1. The quantitative estimate of drug-likeness (QED) is 0.517. The summed E-state index contributed by atoms with van der Waals surface area (Å²) in [5.41, 5.74) is 13.8. The molecule has 23 heavy (non-hydrogen) atoms. The number of nitrogens with one attached hydrogen (secondary N) is 1. The summed E-state index contributed by atoms with van der Waals surface area (Å²) in [6.07, 6.45) is 5.78. The molecular formula is C19H21N3O. The van der Waals surface area contributed by atoms with Gasteiger partial charge in [-0.3, -0.25) is 4.98 Å². The van der Waals surface area contributed by atoms with E-state index in [1.807, 2.05) is 24.4 Å². The lowest BCUT2D eigenvalue weighted by Gasteiger charge is -2.22. The summed E-state index contributed by atoms with van der Waals surface area (Å²) < 4.78 is 0. The highest BCUT2D eigenvalue weighted by molar-refractivity contribution is 5.86. The lowest BCUT2D eigenvalue weighted by Crippen LogP contribution is -2.24. The summed E-state index contributed by atoms with van der Waals surface area (Å²) in [6.45, 7) is 2.01. The molecule has 2 heterocycles. The number of phenolic OH excluding ortho intramolecular Hbond substituents is 1. The molecule has 1 aliphatic heterocycles. The fourth-order valence-corrected chi connectivity index (χ4v) is 3.69. The summed E-state index contributed by atoms with van der Waals surface area (Å²) in [5.74, 6) is 0.178.